The molecule has 1 aliphatic heterocycles. The summed E-state index contributed by atoms with van der Waals surface area (Å²) in [6.07, 6.45) is 0.499. The third kappa shape index (κ3) is 3.83. The first-order valence-corrected chi connectivity index (χ1v) is 9.82. The fourth-order valence-corrected chi connectivity index (χ4v) is 3.61. The van der Waals surface area contributed by atoms with Gasteiger partial charge in [0, 0.05) is 17.8 Å². The minimum absolute atomic E-state index is 0.0696. The SMILES string of the molecule is Cc1cc(-c2ccc(OCCCN3C(=O)c4ccccc4C3=O)cc2)c(C#N)c(=O)[nH]1. The molecule has 2 heterocycles. The molecule has 2 aromatic carbocycles. The molecule has 0 saturated heterocycles. The number of H-pyrrole nitrogens is 1. The lowest BCUT2D eigenvalue weighted by Gasteiger charge is -2.14. The zero-order valence-corrected chi connectivity index (χ0v) is 16.8. The number of carbonyl (C=O) groups is 2. The Morgan fingerprint density at radius 3 is 2.23 bits per heavy atom. The van der Waals surface area contributed by atoms with Crippen molar-refractivity contribution in [2.24, 2.45) is 0 Å². The smallest absolute Gasteiger partial charge is 0.266 e. The van der Waals surface area contributed by atoms with Crippen molar-refractivity contribution in [1.82, 2.24) is 9.88 Å². The van der Waals surface area contributed by atoms with Gasteiger partial charge in [0.05, 0.1) is 17.7 Å². The van der Waals surface area contributed by atoms with Crippen molar-refractivity contribution in [2.75, 3.05) is 13.2 Å². The molecule has 2 amide bonds. The highest BCUT2D eigenvalue weighted by Gasteiger charge is 2.34. The highest BCUT2D eigenvalue weighted by Crippen LogP contribution is 2.25. The second-order valence-electron chi connectivity index (χ2n) is 7.22. The highest BCUT2D eigenvalue weighted by molar-refractivity contribution is 6.21. The lowest BCUT2D eigenvalue weighted by Crippen LogP contribution is -2.31. The molecule has 0 aliphatic carbocycles. The van der Waals surface area contributed by atoms with Crippen LogP contribution in [-0.4, -0.2) is 34.8 Å². The number of aromatic amines is 1. The maximum atomic E-state index is 12.4. The normalized spacial score (nSPS) is 12.6. The molecular formula is C24H19N3O4. The molecule has 0 radical (unpaired) electrons. The quantitative estimate of drug-likeness (QED) is 0.493. The van der Waals surface area contributed by atoms with E-state index < -0.39 is 5.56 Å². The molecule has 0 atom stereocenters. The van der Waals surface area contributed by atoms with Crippen molar-refractivity contribution in [3.63, 3.8) is 0 Å². The first-order valence-electron chi connectivity index (χ1n) is 9.82. The molecule has 0 bridgehead atoms. The summed E-state index contributed by atoms with van der Waals surface area (Å²) in [5, 5.41) is 9.29. The van der Waals surface area contributed by atoms with Gasteiger partial charge < -0.3 is 9.72 Å². The summed E-state index contributed by atoms with van der Waals surface area (Å²) in [6.45, 7) is 2.38. The van der Waals surface area contributed by atoms with Gasteiger partial charge >= 0.3 is 0 Å². The predicted molar refractivity (Wildman–Crippen MR) is 114 cm³/mol. The van der Waals surface area contributed by atoms with E-state index in [1.165, 1.54) is 4.90 Å². The molecule has 7 nitrogen and oxygen atoms in total. The van der Waals surface area contributed by atoms with Crippen LogP contribution in [0.25, 0.3) is 11.1 Å². The number of pyridine rings is 1. The highest BCUT2D eigenvalue weighted by atomic mass is 16.5. The molecule has 0 saturated carbocycles. The van der Waals surface area contributed by atoms with E-state index in [1.807, 2.05) is 6.07 Å². The van der Waals surface area contributed by atoms with Crippen molar-refractivity contribution >= 4 is 11.8 Å². The number of hydrogen-bond donors (Lipinski definition) is 1. The predicted octanol–water partition coefficient (Wildman–Crippen LogP) is 3.29. The van der Waals surface area contributed by atoms with Gasteiger partial charge in [-0.25, -0.2) is 0 Å². The third-order valence-electron chi connectivity index (χ3n) is 5.12. The molecule has 31 heavy (non-hydrogen) atoms. The van der Waals surface area contributed by atoms with Crippen molar-refractivity contribution in [1.29, 1.82) is 5.26 Å². The van der Waals surface area contributed by atoms with E-state index in [1.54, 1.807) is 61.5 Å². The summed E-state index contributed by atoms with van der Waals surface area (Å²) in [7, 11) is 0. The van der Waals surface area contributed by atoms with Gasteiger partial charge in [-0.15, -0.1) is 0 Å². The van der Waals surface area contributed by atoms with Crippen molar-refractivity contribution in [3.8, 4) is 22.9 Å². The molecule has 4 rings (SSSR count). The summed E-state index contributed by atoms with van der Waals surface area (Å²) in [5.74, 6) is 0.0731. The Labute approximate surface area is 178 Å². The number of nitrogens with one attached hydrogen (secondary N) is 1. The minimum Gasteiger partial charge on any atom is -0.494 e. The number of imide groups is 1. The Bertz CT molecular complexity index is 1230. The van der Waals surface area contributed by atoms with Crippen LogP contribution < -0.4 is 10.3 Å². The van der Waals surface area contributed by atoms with Gasteiger partial charge in [0.2, 0.25) is 0 Å². The van der Waals surface area contributed by atoms with Crippen LogP contribution in [0.1, 0.15) is 38.4 Å². The summed E-state index contributed by atoms with van der Waals surface area (Å²) in [5.41, 5.74) is 2.52. The van der Waals surface area contributed by atoms with Gasteiger partial charge in [-0.1, -0.05) is 24.3 Å². The van der Waals surface area contributed by atoms with E-state index >= 15 is 0 Å². The first kappa shape index (κ1) is 20.1. The molecule has 1 N–H and O–H groups in total. The summed E-state index contributed by atoms with van der Waals surface area (Å²) in [4.78, 5) is 40.6. The summed E-state index contributed by atoms with van der Waals surface area (Å²) < 4.78 is 5.73. The zero-order chi connectivity index (χ0) is 22.0. The van der Waals surface area contributed by atoms with Crippen molar-refractivity contribution < 1.29 is 14.3 Å². The fraction of sp³-hybridized carbons (Fsp3) is 0.167. The molecule has 0 spiro atoms. The lowest BCUT2D eigenvalue weighted by molar-refractivity contribution is 0.0646. The van der Waals surface area contributed by atoms with E-state index in [-0.39, 0.29) is 23.9 Å². The number of ether oxygens (including phenoxy) is 1. The lowest BCUT2D eigenvalue weighted by atomic mass is 10.0. The number of aryl methyl sites for hydroxylation is 1. The average molecular weight is 413 g/mol. The number of rotatable bonds is 6. The van der Waals surface area contributed by atoms with Gasteiger partial charge in [0.1, 0.15) is 17.4 Å². The molecule has 1 aliphatic rings. The van der Waals surface area contributed by atoms with Crippen LogP contribution in [-0.2, 0) is 0 Å². The number of benzene rings is 2. The Balaban J connectivity index is 1.36. The van der Waals surface area contributed by atoms with Crippen molar-refractivity contribution in [2.45, 2.75) is 13.3 Å². The van der Waals surface area contributed by atoms with Crippen molar-refractivity contribution in [3.05, 3.63) is 87.3 Å². The van der Waals surface area contributed by atoms with Crippen LogP contribution in [0, 0.1) is 18.3 Å². The second-order valence-corrected chi connectivity index (χ2v) is 7.22. The number of aromatic nitrogens is 1. The Morgan fingerprint density at radius 1 is 0.968 bits per heavy atom. The summed E-state index contributed by atoms with van der Waals surface area (Å²) in [6, 6.07) is 17.6. The molecule has 0 unspecified atom stereocenters. The van der Waals surface area contributed by atoms with Crippen LogP contribution in [0.5, 0.6) is 5.75 Å². The first-order chi connectivity index (χ1) is 15.0. The maximum absolute atomic E-state index is 12.4. The van der Waals surface area contributed by atoms with E-state index in [9.17, 15) is 19.6 Å². The van der Waals surface area contributed by atoms with E-state index in [4.69, 9.17) is 4.74 Å². The van der Waals surface area contributed by atoms with Gasteiger partial charge in [-0.05, 0) is 49.2 Å². The van der Waals surface area contributed by atoms with Gasteiger partial charge in [0.25, 0.3) is 17.4 Å². The average Bonchev–Trinajstić information content (AvgIpc) is 3.01. The van der Waals surface area contributed by atoms with Crippen LogP contribution in [0.15, 0.2) is 59.4 Å². The van der Waals surface area contributed by atoms with E-state index in [0.717, 1.165) is 5.56 Å². The number of amides is 2. The molecule has 154 valence electrons. The zero-order valence-electron chi connectivity index (χ0n) is 16.8. The summed E-state index contributed by atoms with van der Waals surface area (Å²) >= 11 is 0. The minimum atomic E-state index is -0.411. The monoisotopic (exact) mass is 413 g/mol. The second kappa shape index (κ2) is 8.28. The number of nitrogens with zero attached hydrogens (tertiary/aromatic N) is 2. The van der Waals surface area contributed by atoms with Gasteiger partial charge in [0.15, 0.2) is 0 Å². The van der Waals surface area contributed by atoms with Crippen LogP contribution >= 0.6 is 0 Å². The van der Waals surface area contributed by atoms with Crippen LogP contribution in [0.4, 0.5) is 0 Å². The molecule has 3 aromatic rings. The van der Waals surface area contributed by atoms with Crippen LogP contribution in [0.3, 0.4) is 0 Å². The van der Waals surface area contributed by atoms with Crippen LogP contribution in [0.2, 0.25) is 0 Å². The molecular weight excluding hydrogens is 394 g/mol. The Hall–Kier alpha value is -4.18. The number of carbonyl (C=O) groups excluding carboxylic acids is 2. The Kier molecular flexibility index (Phi) is 5.37. The Morgan fingerprint density at radius 2 is 1.61 bits per heavy atom. The van der Waals surface area contributed by atoms with E-state index in [2.05, 4.69) is 4.98 Å². The maximum Gasteiger partial charge on any atom is 0.266 e. The number of hydrogen-bond acceptors (Lipinski definition) is 5. The molecule has 7 heteroatoms. The van der Waals surface area contributed by atoms with Gasteiger partial charge in [-0.3, -0.25) is 19.3 Å². The number of fused-ring (bicyclic) bond motifs is 1. The molecule has 1 aromatic heterocycles. The third-order valence-corrected chi connectivity index (χ3v) is 5.12. The number of nitriles is 1. The van der Waals surface area contributed by atoms with E-state index in [0.29, 0.717) is 41.2 Å². The largest absolute Gasteiger partial charge is 0.494 e. The topological polar surface area (TPSA) is 103 Å². The molecule has 0 fully saturated rings. The fourth-order valence-electron chi connectivity index (χ4n) is 3.61. The standard InChI is InChI=1S/C24H19N3O4/c1-15-13-20(21(14-25)22(28)26-15)16-7-9-17(10-8-16)31-12-4-11-27-23(29)18-5-2-3-6-19(18)24(27)30/h2-3,5-10,13H,4,11-12H2,1H3,(H,26,28). The van der Waals surface area contributed by atoms with Gasteiger partial charge in [-0.2, -0.15) is 5.26 Å².